The second kappa shape index (κ2) is 45.0. The number of thioether (sulfide) groups is 2. The largest absolute Gasteiger partial charge is 0.444 e. The molecule has 0 heterocycles. The number of rotatable bonds is 23. The number of ether oxygens (including phenoxy) is 4. The van der Waals surface area contributed by atoms with E-state index in [0.29, 0.717) is 64.1 Å². The number of carbonyl (C=O) groups excluding carboxylic acids is 4. The fourth-order valence-electron chi connectivity index (χ4n) is 2.78. The molecule has 0 fully saturated rings. The van der Waals surface area contributed by atoms with E-state index in [4.69, 9.17) is 18.9 Å². The van der Waals surface area contributed by atoms with E-state index in [1.807, 2.05) is 54.1 Å². The van der Waals surface area contributed by atoms with Gasteiger partial charge in [-0.05, 0) is 79.7 Å². The Kier molecular flexibility index (Phi) is 59.8. The Bertz CT molecular complexity index is 788. The Morgan fingerprint density at radius 2 is 0.824 bits per heavy atom. The van der Waals surface area contributed by atoms with Gasteiger partial charge in [-0.2, -0.15) is 23.5 Å². The van der Waals surface area contributed by atoms with Gasteiger partial charge in [-0.25, -0.2) is 9.59 Å². The van der Waals surface area contributed by atoms with Crippen molar-refractivity contribution in [3.8, 4) is 0 Å². The lowest BCUT2D eigenvalue weighted by Gasteiger charge is -2.19. The van der Waals surface area contributed by atoms with Crippen LogP contribution in [0.25, 0.3) is 0 Å². The first-order valence-corrected chi connectivity index (χ1v) is 20.3. The van der Waals surface area contributed by atoms with Crippen molar-refractivity contribution in [2.24, 2.45) is 0 Å². The van der Waals surface area contributed by atoms with E-state index in [1.54, 1.807) is 33.3 Å². The fourth-order valence-corrected chi connectivity index (χ4v) is 6.14. The molecule has 314 valence electrons. The van der Waals surface area contributed by atoms with Crippen molar-refractivity contribution in [1.82, 2.24) is 21.3 Å². The predicted octanol–water partition coefficient (Wildman–Crippen LogP) is 8.73. The summed E-state index contributed by atoms with van der Waals surface area (Å²) in [5, 5.41) is 12.0. The second-order valence-corrected chi connectivity index (χ2v) is 16.0. The highest BCUT2D eigenvalue weighted by atomic mass is 33.1. The molecule has 0 aliphatic carbocycles. The maximum atomic E-state index is 11.5. The molecular weight excluding hydrogens is 733 g/mol. The number of carbonyl (C=O) groups is 4. The van der Waals surface area contributed by atoms with Gasteiger partial charge in [0.15, 0.2) is 0 Å². The minimum absolute atomic E-state index is 0. The summed E-state index contributed by atoms with van der Waals surface area (Å²) < 4.78 is 21.1. The van der Waals surface area contributed by atoms with E-state index in [0.717, 1.165) is 30.8 Å². The molecule has 0 aromatic carbocycles. The first-order chi connectivity index (χ1) is 21.2. The predicted molar refractivity (Wildman–Crippen MR) is 232 cm³/mol. The molecule has 0 aromatic heterocycles. The molecular formula is C35H82N4O8S4. The quantitative estimate of drug-likeness (QED) is 0.0443. The normalized spacial score (nSPS) is 9.80. The molecule has 0 aliphatic rings. The zero-order valence-corrected chi connectivity index (χ0v) is 31.8. The molecule has 16 heteroatoms. The number of hydrogen-bond acceptors (Lipinski definition) is 12. The van der Waals surface area contributed by atoms with Crippen LogP contribution in [0.1, 0.15) is 112 Å². The van der Waals surface area contributed by atoms with Gasteiger partial charge in [0.05, 0.1) is 11.5 Å². The van der Waals surface area contributed by atoms with Crippen LogP contribution < -0.4 is 21.3 Å². The topological polar surface area (TPSA) is 153 Å². The van der Waals surface area contributed by atoms with Crippen LogP contribution in [-0.2, 0) is 28.5 Å². The smallest absolute Gasteiger partial charge is 0.407 e. The first kappa shape index (κ1) is 67.9. The SMILES string of the molecule is C.C.C.C.C.C.CSCC(=O)NCCCOCCCNC(=O)OC(C)(C)C.CSCSSCC(=O)NCCCOCCCNC(=O)OC(C)(C)C. The third-order valence-corrected chi connectivity index (χ3v) is 8.70. The summed E-state index contributed by atoms with van der Waals surface area (Å²) in [7, 11) is 3.27. The second-order valence-electron chi connectivity index (χ2n) is 11.4. The molecule has 0 spiro atoms. The Balaban J connectivity index is -0.000000109. The number of hydrogen-bond donors (Lipinski definition) is 4. The molecule has 4 N–H and O–H groups in total. The van der Waals surface area contributed by atoms with Crippen molar-refractivity contribution in [1.29, 1.82) is 0 Å². The van der Waals surface area contributed by atoms with Gasteiger partial charge >= 0.3 is 12.2 Å². The van der Waals surface area contributed by atoms with Gasteiger partial charge in [0.25, 0.3) is 0 Å². The van der Waals surface area contributed by atoms with Crippen LogP contribution in [-0.4, -0.2) is 117 Å². The minimum Gasteiger partial charge on any atom is -0.444 e. The van der Waals surface area contributed by atoms with Crippen LogP contribution in [0.3, 0.4) is 0 Å². The average Bonchev–Trinajstić information content (AvgIpc) is 2.92. The van der Waals surface area contributed by atoms with Gasteiger partial charge in [-0.15, -0.1) is 0 Å². The van der Waals surface area contributed by atoms with Gasteiger partial charge in [0.1, 0.15) is 11.2 Å². The maximum Gasteiger partial charge on any atom is 0.407 e. The van der Waals surface area contributed by atoms with Crippen molar-refractivity contribution in [3.63, 3.8) is 0 Å². The van der Waals surface area contributed by atoms with Crippen molar-refractivity contribution in [2.75, 3.05) is 81.7 Å². The number of nitrogens with one attached hydrogen (secondary N) is 4. The summed E-state index contributed by atoms with van der Waals surface area (Å²) in [6.45, 7) is 15.6. The highest BCUT2D eigenvalue weighted by Gasteiger charge is 2.16. The Labute approximate surface area is 331 Å². The molecule has 0 atom stereocenters. The maximum absolute atomic E-state index is 11.5. The van der Waals surface area contributed by atoms with Gasteiger partial charge in [-0.3, -0.25) is 9.59 Å². The van der Waals surface area contributed by atoms with E-state index in [9.17, 15) is 19.2 Å². The summed E-state index contributed by atoms with van der Waals surface area (Å²) in [5.41, 5.74) is -0.946. The third-order valence-electron chi connectivity index (χ3n) is 4.56. The fraction of sp³-hybridized carbons (Fsp3) is 0.886. The summed E-state index contributed by atoms with van der Waals surface area (Å²) >= 11 is 3.26. The first-order valence-electron chi connectivity index (χ1n) is 15.0. The van der Waals surface area contributed by atoms with Crippen molar-refractivity contribution in [3.05, 3.63) is 0 Å². The third kappa shape index (κ3) is 61.2. The van der Waals surface area contributed by atoms with E-state index in [1.165, 1.54) is 11.8 Å². The molecule has 0 aromatic rings. The Hall–Kier alpha value is -1.20. The molecule has 4 amide bonds. The zero-order chi connectivity index (χ0) is 34.4. The van der Waals surface area contributed by atoms with Crippen molar-refractivity contribution >= 4 is 69.1 Å². The minimum atomic E-state index is -0.475. The molecule has 0 aliphatic heterocycles. The standard InChI is InChI=1S/C15H30N2O4S3.C14H28N2O4S.6CH4/c1-15(2,3)21-14(19)17-8-6-10-20-9-5-7-16-13(18)11-23-24-12-22-4;1-14(2,3)20-13(18)16-8-6-10-19-9-5-7-15-12(17)11-21-4;;;;;;/h5-12H2,1-4H3,(H,16,18)(H,17,19);5-11H2,1-4H3,(H,15,17)(H,16,18);6*1H4. The van der Waals surface area contributed by atoms with Crippen LogP contribution in [0.2, 0.25) is 0 Å². The van der Waals surface area contributed by atoms with Gasteiger partial charge in [-0.1, -0.05) is 66.1 Å². The van der Waals surface area contributed by atoms with Crippen molar-refractivity contribution < 1.29 is 38.1 Å². The van der Waals surface area contributed by atoms with Gasteiger partial charge in [0.2, 0.25) is 11.8 Å². The molecule has 0 bridgehead atoms. The van der Waals surface area contributed by atoms with E-state index < -0.39 is 23.4 Å². The van der Waals surface area contributed by atoms with Gasteiger partial charge < -0.3 is 40.2 Å². The Morgan fingerprint density at radius 1 is 0.490 bits per heavy atom. The summed E-state index contributed by atoms with van der Waals surface area (Å²) in [5.74, 6) is 1.11. The number of alkyl carbamates (subject to hydrolysis) is 2. The van der Waals surface area contributed by atoms with Crippen LogP contribution in [0.15, 0.2) is 0 Å². The molecule has 0 unspecified atom stereocenters. The van der Waals surface area contributed by atoms with E-state index >= 15 is 0 Å². The summed E-state index contributed by atoms with van der Waals surface area (Å²) in [6.07, 6.45) is 6.17. The number of amides is 4. The lowest BCUT2D eigenvalue weighted by molar-refractivity contribution is -0.119. The highest BCUT2D eigenvalue weighted by Crippen LogP contribution is 2.23. The lowest BCUT2D eigenvalue weighted by Crippen LogP contribution is -2.33. The van der Waals surface area contributed by atoms with E-state index in [-0.39, 0.29) is 56.4 Å². The van der Waals surface area contributed by atoms with Crippen LogP contribution in [0, 0.1) is 0 Å². The zero-order valence-electron chi connectivity index (χ0n) is 28.5. The molecule has 12 nitrogen and oxygen atoms in total. The highest BCUT2D eigenvalue weighted by molar-refractivity contribution is 8.78. The molecule has 51 heavy (non-hydrogen) atoms. The molecule has 0 saturated carbocycles. The monoisotopic (exact) mass is 815 g/mol. The average molecular weight is 815 g/mol. The molecule has 0 saturated heterocycles. The lowest BCUT2D eigenvalue weighted by atomic mass is 10.2. The van der Waals surface area contributed by atoms with Crippen LogP contribution in [0.5, 0.6) is 0 Å². The van der Waals surface area contributed by atoms with E-state index in [2.05, 4.69) is 21.3 Å². The van der Waals surface area contributed by atoms with Crippen LogP contribution >= 0.6 is 45.1 Å². The van der Waals surface area contributed by atoms with Crippen LogP contribution in [0.4, 0.5) is 9.59 Å². The summed E-state index contributed by atoms with van der Waals surface area (Å²) in [6, 6.07) is 0. The van der Waals surface area contributed by atoms with Gasteiger partial charge in [0, 0.05) is 57.7 Å². The molecule has 0 rings (SSSR count). The molecule has 0 radical (unpaired) electrons. The Morgan fingerprint density at radius 3 is 1.14 bits per heavy atom. The summed E-state index contributed by atoms with van der Waals surface area (Å²) in [4.78, 5) is 45.4. The van der Waals surface area contributed by atoms with Crippen molar-refractivity contribution in [2.45, 2.75) is 123 Å².